The quantitative estimate of drug-likeness (QED) is 0.196. The van der Waals surface area contributed by atoms with Gasteiger partial charge in [0.1, 0.15) is 18.1 Å². The Morgan fingerprint density at radius 3 is 2.17 bits per heavy atom. The van der Waals surface area contributed by atoms with Crippen molar-refractivity contribution in [3.05, 3.63) is 120 Å². The highest BCUT2D eigenvalue weighted by Gasteiger charge is 2.25. The molecule has 0 bridgehead atoms. The highest BCUT2D eigenvalue weighted by atomic mass is 16.5. The van der Waals surface area contributed by atoms with Crippen LogP contribution in [0.15, 0.2) is 103 Å². The topological polar surface area (TPSA) is 93.0 Å². The second-order valence-corrected chi connectivity index (χ2v) is 9.35. The molecule has 1 amide bonds. The van der Waals surface area contributed by atoms with Crippen LogP contribution in [0.3, 0.4) is 0 Å². The van der Waals surface area contributed by atoms with Crippen LogP contribution < -0.4 is 14.8 Å². The van der Waals surface area contributed by atoms with Crippen molar-refractivity contribution in [2.75, 3.05) is 12.4 Å². The summed E-state index contributed by atoms with van der Waals surface area (Å²) in [6.45, 7) is 1.72. The van der Waals surface area contributed by atoms with Crippen LogP contribution in [-0.4, -0.2) is 27.8 Å². The van der Waals surface area contributed by atoms with Gasteiger partial charge in [-0.05, 0) is 59.7 Å². The van der Waals surface area contributed by atoms with Crippen molar-refractivity contribution in [2.45, 2.75) is 20.0 Å². The molecule has 4 aromatic carbocycles. The number of ether oxygens (including phenoxy) is 2. The molecule has 0 spiro atoms. The first kappa shape index (κ1) is 26.4. The van der Waals surface area contributed by atoms with E-state index in [1.54, 1.807) is 31.4 Å². The lowest BCUT2D eigenvalue weighted by Crippen LogP contribution is -2.05. The molecule has 7 heteroatoms. The largest absolute Gasteiger partial charge is 0.496 e. The number of carbonyl (C=O) groups is 1. The molecular weight excluding hydrogens is 504 g/mol. The summed E-state index contributed by atoms with van der Waals surface area (Å²) >= 11 is 0. The number of hydrogen-bond donors (Lipinski definition) is 3. The molecule has 1 heterocycles. The van der Waals surface area contributed by atoms with Gasteiger partial charge in [-0.2, -0.15) is 0 Å². The van der Waals surface area contributed by atoms with E-state index in [0.717, 1.165) is 16.7 Å². The average molecular weight is 535 g/mol. The van der Waals surface area contributed by atoms with E-state index in [1.165, 1.54) is 11.5 Å². The van der Waals surface area contributed by atoms with Crippen LogP contribution in [-0.2, 0) is 17.8 Å². The van der Waals surface area contributed by atoms with Crippen molar-refractivity contribution in [3.8, 4) is 40.1 Å². The Labute approximate surface area is 232 Å². The summed E-state index contributed by atoms with van der Waals surface area (Å²) in [5, 5.41) is 25.5. The van der Waals surface area contributed by atoms with Crippen LogP contribution >= 0.6 is 0 Å². The number of rotatable bonds is 9. The molecule has 0 saturated heterocycles. The van der Waals surface area contributed by atoms with E-state index in [1.807, 2.05) is 78.9 Å². The number of benzene rings is 4. The molecule has 0 aliphatic heterocycles. The van der Waals surface area contributed by atoms with Gasteiger partial charge in [-0.1, -0.05) is 54.6 Å². The zero-order valence-corrected chi connectivity index (χ0v) is 22.3. The zero-order chi connectivity index (χ0) is 28.1. The number of anilines is 1. The van der Waals surface area contributed by atoms with Crippen molar-refractivity contribution in [1.29, 1.82) is 0 Å². The standard InChI is InChI=1S/C33H30N2O5/c1-22(36)34-26-14-16-28(17-15-26)40-21-25-19-23(13-18-30(25)39-2)20-29-31(24-9-5-3-6-10-24)33(38)35(32(29)37)27-11-7-4-8-12-27/h3-19,37-38H,20-21H2,1-2H3,(H,34,36). The van der Waals surface area contributed by atoms with Gasteiger partial charge in [-0.3, -0.25) is 9.36 Å². The molecule has 3 N–H and O–H groups in total. The third-order valence-corrected chi connectivity index (χ3v) is 6.59. The van der Waals surface area contributed by atoms with E-state index in [2.05, 4.69) is 5.32 Å². The zero-order valence-electron chi connectivity index (χ0n) is 22.3. The first-order chi connectivity index (χ1) is 19.4. The summed E-state index contributed by atoms with van der Waals surface area (Å²) in [4.78, 5) is 11.3. The number of hydrogen-bond acceptors (Lipinski definition) is 5. The third kappa shape index (κ3) is 5.63. The second kappa shape index (κ2) is 11.7. The Morgan fingerprint density at radius 1 is 0.850 bits per heavy atom. The lowest BCUT2D eigenvalue weighted by molar-refractivity contribution is -0.114. The molecule has 5 aromatic rings. The van der Waals surface area contributed by atoms with Crippen LogP contribution in [0.1, 0.15) is 23.6 Å². The molecule has 0 aliphatic rings. The Balaban J connectivity index is 1.47. The second-order valence-electron chi connectivity index (χ2n) is 9.35. The molecule has 202 valence electrons. The smallest absolute Gasteiger partial charge is 0.221 e. The van der Waals surface area contributed by atoms with Gasteiger partial charge in [0.25, 0.3) is 0 Å². The maximum absolute atomic E-state index is 11.4. The summed E-state index contributed by atoms with van der Waals surface area (Å²) in [6.07, 6.45) is 0.367. The third-order valence-electron chi connectivity index (χ3n) is 6.59. The minimum absolute atomic E-state index is 0.0181. The van der Waals surface area contributed by atoms with E-state index in [9.17, 15) is 15.0 Å². The molecule has 0 saturated carbocycles. The van der Waals surface area contributed by atoms with Crippen LogP contribution in [0.4, 0.5) is 5.69 Å². The predicted octanol–water partition coefficient (Wildman–Crippen LogP) is 6.69. The maximum Gasteiger partial charge on any atom is 0.221 e. The molecule has 0 atom stereocenters. The van der Waals surface area contributed by atoms with E-state index in [4.69, 9.17) is 9.47 Å². The molecule has 0 unspecified atom stereocenters. The summed E-state index contributed by atoms with van der Waals surface area (Å²) in [7, 11) is 1.61. The van der Waals surface area contributed by atoms with Crippen molar-refractivity contribution < 1.29 is 24.5 Å². The van der Waals surface area contributed by atoms with Gasteiger partial charge in [0.2, 0.25) is 17.7 Å². The Morgan fingerprint density at radius 2 is 1.52 bits per heavy atom. The SMILES string of the molecule is COc1ccc(Cc2c(-c3ccccc3)c(O)n(-c3ccccc3)c2O)cc1COc1ccc(NC(C)=O)cc1. The van der Waals surface area contributed by atoms with Gasteiger partial charge in [0, 0.05) is 30.2 Å². The number of nitrogens with zero attached hydrogens (tertiary/aromatic N) is 1. The highest BCUT2D eigenvalue weighted by Crippen LogP contribution is 2.44. The minimum Gasteiger partial charge on any atom is -0.496 e. The molecule has 40 heavy (non-hydrogen) atoms. The number of methoxy groups -OCH3 is 1. The van der Waals surface area contributed by atoms with E-state index in [-0.39, 0.29) is 24.3 Å². The number of aromatic hydroxyl groups is 2. The van der Waals surface area contributed by atoms with E-state index < -0.39 is 0 Å². The number of carbonyl (C=O) groups excluding carboxylic acids is 1. The average Bonchev–Trinajstić information content (AvgIpc) is 3.21. The van der Waals surface area contributed by atoms with Gasteiger partial charge < -0.3 is 25.0 Å². The number of aromatic nitrogens is 1. The van der Waals surface area contributed by atoms with Crippen molar-refractivity contribution >= 4 is 11.6 Å². The fourth-order valence-electron chi connectivity index (χ4n) is 4.75. The van der Waals surface area contributed by atoms with Crippen molar-refractivity contribution in [2.24, 2.45) is 0 Å². The lowest BCUT2D eigenvalue weighted by atomic mass is 9.97. The Bertz CT molecular complexity index is 1610. The fraction of sp³-hybridized carbons (Fsp3) is 0.121. The molecule has 7 nitrogen and oxygen atoms in total. The molecule has 0 fully saturated rings. The minimum atomic E-state index is -0.135. The predicted molar refractivity (Wildman–Crippen MR) is 155 cm³/mol. The fourth-order valence-corrected chi connectivity index (χ4v) is 4.75. The summed E-state index contributed by atoms with van der Waals surface area (Å²) in [5.41, 5.74) is 5.10. The van der Waals surface area contributed by atoms with Crippen LogP contribution in [0, 0.1) is 0 Å². The number of para-hydroxylation sites is 1. The van der Waals surface area contributed by atoms with Crippen molar-refractivity contribution in [1.82, 2.24) is 4.57 Å². The molecule has 5 rings (SSSR count). The van der Waals surface area contributed by atoms with E-state index in [0.29, 0.717) is 40.4 Å². The molecule has 1 aromatic heterocycles. The lowest BCUT2D eigenvalue weighted by Gasteiger charge is -2.13. The highest BCUT2D eigenvalue weighted by molar-refractivity contribution is 5.88. The van der Waals surface area contributed by atoms with Crippen molar-refractivity contribution in [3.63, 3.8) is 0 Å². The van der Waals surface area contributed by atoms with Gasteiger partial charge in [0.05, 0.1) is 18.4 Å². The summed E-state index contributed by atoms with van der Waals surface area (Å²) in [5.74, 6) is 1.15. The van der Waals surface area contributed by atoms with Crippen LogP contribution in [0.2, 0.25) is 0 Å². The number of amides is 1. The Kier molecular flexibility index (Phi) is 7.73. The molecule has 0 radical (unpaired) electrons. The number of nitrogens with one attached hydrogen (secondary N) is 1. The molecular formula is C33H30N2O5. The Hall–Kier alpha value is -5.17. The van der Waals surface area contributed by atoms with Crippen LogP contribution in [0.25, 0.3) is 16.8 Å². The van der Waals surface area contributed by atoms with Crippen LogP contribution in [0.5, 0.6) is 23.3 Å². The van der Waals surface area contributed by atoms with Gasteiger partial charge in [0.15, 0.2) is 0 Å². The monoisotopic (exact) mass is 534 g/mol. The van der Waals surface area contributed by atoms with Gasteiger partial charge in [-0.25, -0.2) is 0 Å². The summed E-state index contributed by atoms with van der Waals surface area (Å²) < 4.78 is 13.1. The normalized spacial score (nSPS) is 10.8. The van der Waals surface area contributed by atoms with Gasteiger partial charge >= 0.3 is 0 Å². The first-order valence-electron chi connectivity index (χ1n) is 12.9. The van der Waals surface area contributed by atoms with Gasteiger partial charge in [-0.15, -0.1) is 0 Å². The first-order valence-corrected chi connectivity index (χ1v) is 12.9. The van der Waals surface area contributed by atoms with E-state index >= 15 is 0 Å². The molecule has 0 aliphatic carbocycles. The summed E-state index contributed by atoms with van der Waals surface area (Å²) in [6, 6.07) is 31.8. The maximum atomic E-state index is 11.4.